The Morgan fingerprint density at radius 3 is 2.17 bits per heavy atom. The molecule has 1 aromatic rings. The number of carbonyl (C=O) groups is 1. The first-order valence-electron chi connectivity index (χ1n) is 8.91. The van der Waals surface area contributed by atoms with Crippen LogP contribution in [0, 0.1) is 0 Å². The van der Waals surface area contributed by atoms with Crippen molar-refractivity contribution in [2.45, 2.75) is 78.0 Å². The number of esters is 1. The van der Waals surface area contributed by atoms with Gasteiger partial charge in [-0.25, -0.2) is 4.79 Å². The Hall–Kier alpha value is -1.39. The van der Waals surface area contributed by atoms with Crippen molar-refractivity contribution in [1.29, 1.82) is 0 Å². The Morgan fingerprint density at radius 2 is 1.67 bits per heavy atom. The Bertz CT molecular complexity index is 547. The molecular weight excluding hydrogens is 302 g/mol. The summed E-state index contributed by atoms with van der Waals surface area (Å²) in [5.41, 5.74) is 1.66. The summed E-state index contributed by atoms with van der Waals surface area (Å²) >= 11 is 0. The van der Waals surface area contributed by atoms with Crippen LogP contribution in [0.5, 0.6) is 0 Å². The normalized spacial score (nSPS) is 21.2. The van der Waals surface area contributed by atoms with E-state index < -0.39 is 0 Å². The first-order chi connectivity index (χ1) is 11.2. The second kappa shape index (κ2) is 7.24. The molecule has 0 amide bonds. The van der Waals surface area contributed by atoms with Crippen molar-refractivity contribution < 1.29 is 14.4 Å². The van der Waals surface area contributed by atoms with Crippen molar-refractivity contribution in [1.82, 2.24) is 5.06 Å². The van der Waals surface area contributed by atoms with Gasteiger partial charge < -0.3 is 4.74 Å². The maximum atomic E-state index is 11.8. The molecule has 1 aliphatic heterocycles. The third-order valence-electron chi connectivity index (χ3n) is 4.83. The highest BCUT2D eigenvalue weighted by atomic mass is 16.7. The van der Waals surface area contributed by atoms with Gasteiger partial charge >= 0.3 is 5.97 Å². The summed E-state index contributed by atoms with van der Waals surface area (Å²) in [6.45, 7) is 13.2. The van der Waals surface area contributed by atoms with Crippen molar-refractivity contribution >= 4 is 5.97 Å². The second-order valence-corrected chi connectivity index (χ2v) is 7.86. The number of hydrogen-bond donors (Lipinski definition) is 0. The number of hydrogen-bond acceptors (Lipinski definition) is 4. The van der Waals surface area contributed by atoms with Crippen LogP contribution < -0.4 is 0 Å². The number of carbonyl (C=O) groups excluding carboxylic acids is 1. The molecule has 1 unspecified atom stereocenters. The van der Waals surface area contributed by atoms with Crippen LogP contribution >= 0.6 is 0 Å². The van der Waals surface area contributed by atoms with E-state index in [-0.39, 0.29) is 23.2 Å². The molecule has 0 aliphatic carbocycles. The van der Waals surface area contributed by atoms with Crippen LogP contribution in [0.15, 0.2) is 24.3 Å². The van der Waals surface area contributed by atoms with Crippen LogP contribution in [0.2, 0.25) is 0 Å². The van der Waals surface area contributed by atoms with Crippen LogP contribution in [0.25, 0.3) is 0 Å². The number of nitrogens with zero attached hydrogens (tertiary/aromatic N) is 1. The van der Waals surface area contributed by atoms with Gasteiger partial charge in [0.1, 0.15) is 6.10 Å². The van der Waals surface area contributed by atoms with Gasteiger partial charge in [0.05, 0.1) is 12.2 Å². The summed E-state index contributed by atoms with van der Waals surface area (Å²) in [6.07, 6.45) is 3.41. The molecule has 0 saturated carbocycles. The second-order valence-electron chi connectivity index (χ2n) is 7.86. The monoisotopic (exact) mass is 333 g/mol. The highest BCUT2D eigenvalue weighted by Gasteiger charge is 2.43. The van der Waals surface area contributed by atoms with Crippen LogP contribution in [-0.4, -0.2) is 28.7 Å². The topological polar surface area (TPSA) is 38.8 Å². The molecule has 0 N–H and O–H groups in total. The molecular formula is C20H31NO3. The average Bonchev–Trinajstić information content (AvgIpc) is 2.51. The Labute approximate surface area is 146 Å². The van der Waals surface area contributed by atoms with E-state index in [0.29, 0.717) is 12.2 Å². The lowest BCUT2D eigenvalue weighted by atomic mass is 9.82. The van der Waals surface area contributed by atoms with E-state index >= 15 is 0 Å². The molecule has 0 aromatic heterocycles. The zero-order valence-corrected chi connectivity index (χ0v) is 15.9. The lowest BCUT2D eigenvalue weighted by molar-refractivity contribution is -0.304. The molecule has 0 spiro atoms. The maximum absolute atomic E-state index is 11.8. The fourth-order valence-corrected chi connectivity index (χ4v) is 3.59. The largest absolute Gasteiger partial charge is 0.462 e. The number of hydroxylamine groups is 2. The molecule has 0 bridgehead atoms. The van der Waals surface area contributed by atoms with Crippen molar-refractivity contribution in [2.24, 2.45) is 0 Å². The SMILES string of the molecule is CCOC(=O)c1ccc(C(C)ON2C(C)(C)CCCC2(C)C)cc1. The average molecular weight is 333 g/mol. The van der Waals surface area contributed by atoms with E-state index in [1.165, 1.54) is 6.42 Å². The first kappa shape index (κ1) is 18.9. The van der Waals surface area contributed by atoms with Gasteiger partial charge in [0.25, 0.3) is 0 Å². The van der Waals surface area contributed by atoms with Crippen molar-refractivity contribution in [3.63, 3.8) is 0 Å². The lowest BCUT2D eigenvalue weighted by Crippen LogP contribution is -2.58. The van der Waals surface area contributed by atoms with E-state index in [1.54, 1.807) is 12.1 Å². The van der Waals surface area contributed by atoms with Gasteiger partial charge in [0.2, 0.25) is 0 Å². The van der Waals surface area contributed by atoms with Crippen molar-refractivity contribution in [3.8, 4) is 0 Å². The van der Waals surface area contributed by atoms with Gasteiger partial charge in [-0.2, -0.15) is 5.06 Å². The molecule has 2 rings (SSSR count). The molecule has 24 heavy (non-hydrogen) atoms. The fraction of sp³-hybridized carbons (Fsp3) is 0.650. The number of ether oxygens (including phenoxy) is 1. The quantitative estimate of drug-likeness (QED) is 0.719. The zero-order valence-electron chi connectivity index (χ0n) is 15.9. The van der Waals surface area contributed by atoms with Crippen LogP contribution in [-0.2, 0) is 9.57 Å². The molecule has 1 aliphatic rings. The minimum atomic E-state index is -0.282. The van der Waals surface area contributed by atoms with E-state index in [0.717, 1.165) is 18.4 Å². The Kier molecular flexibility index (Phi) is 5.71. The van der Waals surface area contributed by atoms with Crippen molar-refractivity contribution in [2.75, 3.05) is 6.61 Å². The summed E-state index contributed by atoms with van der Waals surface area (Å²) in [5, 5.41) is 2.17. The molecule has 1 atom stereocenters. The van der Waals surface area contributed by atoms with Crippen LogP contribution in [0.1, 0.15) is 82.8 Å². The summed E-state index contributed by atoms with van der Waals surface area (Å²) in [7, 11) is 0. The van der Waals surface area contributed by atoms with Gasteiger partial charge in [-0.05, 0) is 78.5 Å². The summed E-state index contributed by atoms with van der Waals surface area (Å²) in [6, 6.07) is 7.50. The highest BCUT2D eigenvalue weighted by molar-refractivity contribution is 5.89. The van der Waals surface area contributed by atoms with E-state index in [2.05, 4.69) is 39.7 Å². The van der Waals surface area contributed by atoms with Crippen LogP contribution in [0.4, 0.5) is 0 Å². The van der Waals surface area contributed by atoms with E-state index in [9.17, 15) is 4.79 Å². The van der Waals surface area contributed by atoms with Gasteiger partial charge in [-0.15, -0.1) is 0 Å². The molecule has 4 heteroatoms. The molecule has 1 saturated heterocycles. The molecule has 4 nitrogen and oxygen atoms in total. The number of rotatable bonds is 5. The fourth-order valence-electron chi connectivity index (χ4n) is 3.59. The highest BCUT2D eigenvalue weighted by Crippen LogP contribution is 2.40. The third kappa shape index (κ3) is 4.17. The first-order valence-corrected chi connectivity index (χ1v) is 8.91. The lowest BCUT2D eigenvalue weighted by Gasteiger charge is -2.52. The summed E-state index contributed by atoms with van der Waals surface area (Å²) in [4.78, 5) is 18.1. The molecule has 134 valence electrons. The molecule has 1 fully saturated rings. The minimum Gasteiger partial charge on any atom is -0.462 e. The van der Waals surface area contributed by atoms with E-state index in [1.807, 2.05) is 19.1 Å². The third-order valence-corrected chi connectivity index (χ3v) is 4.83. The van der Waals surface area contributed by atoms with Gasteiger partial charge in [0, 0.05) is 11.1 Å². The molecule has 1 aromatic carbocycles. The molecule has 1 heterocycles. The van der Waals surface area contributed by atoms with Crippen molar-refractivity contribution in [3.05, 3.63) is 35.4 Å². The summed E-state index contributed by atoms with van der Waals surface area (Å²) in [5.74, 6) is -0.282. The Morgan fingerprint density at radius 1 is 1.12 bits per heavy atom. The van der Waals surface area contributed by atoms with E-state index in [4.69, 9.17) is 9.57 Å². The summed E-state index contributed by atoms with van der Waals surface area (Å²) < 4.78 is 5.03. The van der Waals surface area contributed by atoms with Gasteiger partial charge in [-0.1, -0.05) is 12.1 Å². The predicted molar refractivity (Wildman–Crippen MR) is 95.7 cm³/mol. The predicted octanol–water partition coefficient (Wildman–Crippen LogP) is 4.90. The maximum Gasteiger partial charge on any atom is 0.338 e. The van der Waals surface area contributed by atoms with Gasteiger partial charge in [-0.3, -0.25) is 4.84 Å². The smallest absolute Gasteiger partial charge is 0.338 e. The van der Waals surface area contributed by atoms with Gasteiger partial charge in [0.15, 0.2) is 0 Å². The molecule has 0 radical (unpaired) electrons. The minimum absolute atomic E-state index is 0.0148. The Balaban J connectivity index is 2.11. The number of benzene rings is 1. The zero-order chi connectivity index (χ0) is 18.0. The number of piperidine rings is 1. The standard InChI is InChI=1S/C20H31NO3/c1-7-23-18(22)17-11-9-16(10-12-17)15(2)24-21-19(3,4)13-8-14-20(21,5)6/h9-12,15H,7-8,13-14H2,1-6H3. The van der Waals surface area contributed by atoms with Crippen LogP contribution in [0.3, 0.4) is 0 Å².